The molecule has 5 heterocycles. The number of carbonyl (C=O) groups excluding carboxylic acids is 2. The summed E-state index contributed by atoms with van der Waals surface area (Å²) in [6.45, 7) is 0. The summed E-state index contributed by atoms with van der Waals surface area (Å²) in [7, 11) is 2.77. The van der Waals surface area contributed by atoms with Crippen LogP contribution in [0.3, 0.4) is 0 Å². The van der Waals surface area contributed by atoms with E-state index in [4.69, 9.17) is 0 Å². The molecular formula is C18H18N2O5S2. The van der Waals surface area contributed by atoms with Gasteiger partial charge in [0.05, 0.1) is 30.4 Å². The Labute approximate surface area is 163 Å². The molecule has 2 aliphatic carbocycles. The smallest absolute Gasteiger partial charge is 0.262 e. The maximum Gasteiger partial charge on any atom is 0.262 e. The molecule has 8 atom stereocenters. The average Bonchev–Trinajstić information content (AvgIpc) is 3.18. The number of carbonyl (C=O) groups is 2. The first kappa shape index (κ1) is 16.7. The molecule has 0 aromatic carbocycles. The predicted molar refractivity (Wildman–Crippen MR) is 99.0 cm³/mol. The van der Waals surface area contributed by atoms with Crippen LogP contribution in [0.25, 0.3) is 0 Å². The second-order valence-corrected chi connectivity index (χ2v) is 10.7. The van der Waals surface area contributed by atoms with Gasteiger partial charge in [-0.3, -0.25) is 9.59 Å². The van der Waals surface area contributed by atoms with Crippen molar-refractivity contribution in [3.05, 3.63) is 36.0 Å². The number of piperazine rings is 1. The van der Waals surface area contributed by atoms with Crippen molar-refractivity contribution in [2.45, 2.75) is 53.0 Å². The number of allylic oxidation sites excluding steroid dienone is 2. The van der Waals surface area contributed by atoms with Crippen LogP contribution >= 0.6 is 21.6 Å². The zero-order valence-corrected chi connectivity index (χ0v) is 15.8. The highest BCUT2D eigenvalue weighted by molar-refractivity contribution is 8.78. The van der Waals surface area contributed by atoms with Crippen LogP contribution in [0.2, 0.25) is 0 Å². The van der Waals surface area contributed by atoms with Gasteiger partial charge in [0.1, 0.15) is 0 Å². The summed E-state index contributed by atoms with van der Waals surface area (Å²) in [4.78, 5) is 28.4. The van der Waals surface area contributed by atoms with Gasteiger partial charge in [0.25, 0.3) is 11.8 Å². The van der Waals surface area contributed by atoms with Crippen molar-refractivity contribution >= 4 is 33.4 Å². The quantitative estimate of drug-likeness (QED) is 0.377. The van der Waals surface area contributed by atoms with Gasteiger partial charge >= 0.3 is 0 Å². The molecule has 2 spiro atoms. The number of hydrogen-bond donors (Lipinski definition) is 3. The lowest BCUT2D eigenvalue weighted by Gasteiger charge is -2.58. The number of amides is 2. The van der Waals surface area contributed by atoms with Gasteiger partial charge in [0, 0.05) is 12.3 Å². The highest BCUT2D eigenvalue weighted by Crippen LogP contribution is 2.69. The Bertz CT molecular complexity index is 874. The molecule has 142 valence electrons. The summed E-state index contributed by atoms with van der Waals surface area (Å²) in [5, 5.41) is 31.5. The normalized spacial score (nSPS) is 51.9. The van der Waals surface area contributed by atoms with Crippen LogP contribution in [0, 0.1) is 5.92 Å². The van der Waals surface area contributed by atoms with Gasteiger partial charge in [-0.15, -0.1) is 0 Å². The maximum absolute atomic E-state index is 13.7. The molecule has 0 saturated carbocycles. The zero-order chi connectivity index (χ0) is 18.7. The standard InChI is InChI=1S/C18H18N2O5S2/c21-10-4-5-12(23)14-9(10)7-18-16(25)19-13-8(2-1-3-11(13)22)6-17(19,26-27-18)15(24)20(14)18/h1-5,9-14,21-23H,6-7H2. The van der Waals surface area contributed by atoms with Gasteiger partial charge < -0.3 is 25.1 Å². The van der Waals surface area contributed by atoms with Gasteiger partial charge in [-0.1, -0.05) is 52.0 Å². The highest BCUT2D eigenvalue weighted by atomic mass is 33.1. The van der Waals surface area contributed by atoms with Crippen LogP contribution in [-0.2, 0) is 9.59 Å². The third kappa shape index (κ3) is 1.70. The minimum Gasteiger partial charge on any atom is -0.389 e. The molecule has 5 fully saturated rings. The summed E-state index contributed by atoms with van der Waals surface area (Å²) in [6, 6.07) is -1.12. The average molecular weight is 406 g/mol. The lowest BCUT2D eigenvalue weighted by Crippen LogP contribution is -2.77. The third-order valence-corrected chi connectivity index (χ3v) is 10.4. The Balaban J connectivity index is 1.52. The van der Waals surface area contributed by atoms with E-state index in [-0.39, 0.29) is 17.7 Å². The monoisotopic (exact) mass is 406 g/mol. The van der Waals surface area contributed by atoms with Gasteiger partial charge in [-0.2, -0.15) is 0 Å². The van der Waals surface area contributed by atoms with E-state index in [9.17, 15) is 24.9 Å². The topological polar surface area (TPSA) is 101 Å². The Morgan fingerprint density at radius 3 is 2.44 bits per heavy atom. The second-order valence-electron chi connectivity index (χ2n) is 8.05. The highest BCUT2D eigenvalue weighted by Gasteiger charge is 2.78. The summed E-state index contributed by atoms with van der Waals surface area (Å²) in [5.74, 6) is -0.767. The molecule has 2 amide bonds. The van der Waals surface area contributed by atoms with Crippen molar-refractivity contribution < 1.29 is 24.9 Å². The van der Waals surface area contributed by atoms with Crippen molar-refractivity contribution in [3.8, 4) is 0 Å². The van der Waals surface area contributed by atoms with Crippen LogP contribution in [-0.4, -0.2) is 77.1 Å². The fraction of sp³-hybridized carbons (Fsp3) is 0.556. The first-order valence-corrected chi connectivity index (χ1v) is 11.2. The summed E-state index contributed by atoms with van der Waals surface area (Å²) < 4.78 is 0. The van der Waals surface area contributed by atoms with Crippen LogP contribution in [0.4, 0.5) is 0 Å². The van der Waals surface area contributed by atoms with Crippen molar-refractivity contribution in [1.82, 2.24) is 9.80 Å². The molecule has 0 aromatic rings. The molecule has 7 rings (SSSR count). The summed E-state index contributed by atoms with van der Waals surface area (Å²) >= 11 is 0. The molecule has 7 aliphatic rings. The van der Waals surface area contributed by atoms with Gasteiger partial charge in [-0.25, -0.2) is 0 Å². The van der Waals surface area contributed by atoms with Gasteiger partial charge in [0.15, 0.2) is 9.74 Å². The third-order valence-electron chi connectivity index (χ3n) is 6.79. The number of nitrogens with zero attached hydrogens (tertiary/aromatic N) is 2. The van der Waals surface area contributed by atoms with Crippen molar-refractivity contribution in [3.63, 3.8) is 0 Å². The lowest BCUT2D eigenvalue weighted by atomic mass is 9.85. The minimum atomic E-state index is -1.14. The fourth-order valence-electron chi connectivity index (χ4n) is 5.66. The van der Waals surface area contributed by atoms with E-state index < -0.39 is 40.1 Å². The first-order chi connectivity index (χ1) is 12.9. The van der Waals surface area contributed by atoms with Crippen LogP contribution < -0.4 is 0 Å². The molecule has 2 bridgehead atoms. The van der Waals surface area contributed by atoms with Crippen molar-refractivity contribution in [1.29, 1.82) is 0 Å². The van der Waals surface area contributed by atoms with E-state index in [1.807, 2.05) is 6.08 Å². The van der Waals surface area contributed by atoms with E-state index >= 15 is 0 Å². The van der Waals surface area contributed by atoms with Gasteiger partial charge in [-0.05, 0) is 12.0 Å². The van der Waals surface area contributed by atoms with Crippen LogP contribution in [0.15, 0.2) is 36.0 Å². The lowest BCUT2D eigenvalue weighted by molar-refractivity contribution is -0.169. The van der Waals surface area contributed by atoms with E-state index in [1.54, 1.807) is 28.0 Å². The number of hydrogen-bond acceptors (Lipinski definition) is 7. The van der Waals surface area contributed by atoms with Crippen LogP contribution in [0.1, 0.15) is 12.8 Å². The Hall–Kier alpha value is -1.26. The predicted octanol–water partition coefficient (Wildman–Crippen LogP) is -0.246. The Morgan fingerprint density at radius 1 is 0.926 bits per heavy atom. The molecule has 7 nitrogen and oxygen atoms in total. The number of rotatable bonds is 0. The summed E-state index contributed by atoms with van der Waals surface area (Å²) in [5.41, 5.74) is 0.888. The second kappa shape index (κ2) is 5.01. The molecule has 0 radical (unpaired) electrons. The largest absolute Gasteiger partial charge is 0.389 e. The molecule has 5 aliphatic heterocycles. The molecular weight excluding hydrogens is 388 g/mol. The minimum absolute atomic E-state index is 0.192. The van der Waals surface area contributed by atoms with Crippen molar-refractivity contribution in [2.24, 2.45) is 5.92 Å². The molecule has 5 saturated heterocycles. The van der Waals surface area contributed by atoms with E-state index in [1.165, 1.54) is 27.7 Å². The van der Waals surface area contributed by atoms with Crippen molar-refractivity contribution in [2.75, 3.05) is 0 Å². The molecule has 8 unspecified atom stereocenters. The molecule has 27 heavy (non-hydrogen) atoms. The van der Waals surface area contributed by atoms with E-state index in [0.717, 1.165) is 5.57 Å². The Morgan fingerprint density at radius 2 is 1.63 bits per heavy atom. The van der Waals surface area contributed by atoms with Gasteiger partial charge in [0.2, 0.25) is 0 Å². The number of aliphatic hydroxyl groups excluding tert-OH is 3. The fourth-order valence-corrected chi connectivity index (χ4v) is 9.44. The molecule has 3 N–H and O–H groups in total. The Kier molecular flexibility index (Phi) is 3.10. The SMILES string of the molecule is O=C1N2C3C(O)C=CC(O)C3CC23SSC12CC1=CC=CC(O)C1N2C3=O. The number of fused-ring (bicyclic) bond motifs is 3. The summed E-state index contributed by atoms with van der Waals surface area (Å²) in [6.07, 6.45) is 6.51. The number of aliphatic hydroxyl groups is 3. The molecule has 9 heteroatoms. The van der Waals surface area contributed by atoms with E-state index in [2.05, 4.69) is 0 Å². The first-order valence-electron chi connectivity index (χ1n) is 9.05. The molecule has 0 aromatic heterocycles. The van der Waals surface area contributed by atoms with Crippen LogP contribution in [0.5, 0.6) is 0 Å². The zero-order valence-electron chi connectivity index (χ0n) is 14.1. The maximum atomic E-state index is 13.7. The van der Waals surface area contributed by atoms with E-state index in [0.29, 0.717) is 12.8 Å².